The van der Waals surface area contributed by atoms with Crippen LogP contribution in [0.15, 0.2) is 36.4 Å². The summed E-state index contributed by atoms with van der Waals surface area (Å²) in [6, 6.07) is 6.36. The van der Waals surface area contributed by atoms with Gasteiger partial charge in [-0.3, -0.25) is 4.79 Å². The molecule has 1 aliphatic rings. The zero-order valence-electron chi connectivity index (χ0n) is 10.3. The van der Waals surface area contributed by atoms with Gasteiger partial charge in [0.2, 0.25) is 5.91 Å². The van der Waals surface area contributed by atoms with Crippen molar-refractivity contribution >= 4 is 11.9 Å². The molecule has 1 amide bonds. The van der Waals surface area contributed by atoms with E-state index < -0.39 is 11.9 Å². The maximum atomic E-state index is 13.6. The van der Waals surface area contributed by atoms with Crippen LogP contribution in [-0.2, 0) is 16.1 Å². The molecule has 0 aromatic heterocycles. The number of nitrogens with zero attached hydrogens (tertiary/aromatic N) is 1. The molecule has 4 nitrogen and oxygen atoms in total. The van der Waals surface area contributed by atoms with Crippen LogP contribution < -0.4 is 0 Å². The number of carboxylic acid groups (broad SMARTS) is 1. The Labute approximate surface area is 110 Å². The van der Waals surface area contributed by atoms with E-state index in [-0.39, 0.29) is 18.4 Å². The highest BCUT2D eigenvalue weighted by Gasteiger charge is 2.32. The van der Waals surface area contributed by atoms with Crippen LogP contribution in [-0.4, -0.2) is 27.9 Å². The van der Waals surface area contributed by atoms with E-state index in [1.54, 1.807) is 18.2 Å². The van der Waals surface area contributed by atoms with Crippen LogP contribution in [0, 0.1) is 5.82 Å². The average Bonchev–Trinajstić information content (AvgIpc) is 3.19. The summed E-state index contributed by atoms with van der Waals surface area (Å²) in [4.78, 5) is 23.8. The molecule has 0 unspecified atom stereocenters. The van der Waals surface area contributed by atoms with Crippen molar-refractivity contribution in [1.82, 2.24) is 4.90 Å². The van der Waals surface area contributed by atoms with Gasteiger partial charge in [-0.15, -0.1) is 0 Å². The summed E-state index contributed by atoms with van der Waals surface area (Å²) in [5, 5.41) is 8.51. The summed E-state index contributed by atoms with van der Waals surface area (Å²) in [6.07, 6.45) is 3.57. The number of amides is 1. The molecule has 1 saturated carbocycles. The van der Waals surface area contributed by atoms with Gasteiger partial charge in [0, 0.05) is 30.3 Å². The van der Waals surface area contributed by atoms with Crippen LogP contribution >= 0.6 is 0 Å². The lowest BCUT2D eigenvalue weighted by Gasteiger charge is -2.21. The molecule has 0 bridgehead atoms. The molecule has 19 heavy (non-hydrogen) atoms. The van der Waals surface area contributed by atoms with E-state index in [9.17, 15) is 14.0 Å². The molecular weight excluding hydrogens is 249 g/mol. The second kappa shape index (κ2) is 5.65. The zero-order valence-corrected chi connectivity index (χ0v) is 10.3. The Kier molecular flexibility index (Phi) is 3.94. The molecule has 2 rings (SSSR count). The highest BCUT2D eigenvalue weighted by Crippen LogP contribution is 2.29. The van der Waals surface area contributed by atoms with Crippen molar-refractivity contribution in [3.05, 3.63) is 47.8 Å². The maximum absolute atomic E-state index is 13.6. The van der Waals surface area contributed by atoms with Gasteiger partial charge >= 0.3 is 5.97 Å². The van der Waals surface area contributed by atoms with Crippen LogP contribution in [0.3, 0.4) is 0 Å². The molecule has 0 aliphatic heterocycles. The first-order valence-corrected chi connectivity index (χ1v) is 6.03. The van der Waals surface area contributed by atoms with Gasteiger partial charge in [-0.25, -0.2) is 9.18 Å². The lowest BCUT2D eigenvalue weighted by atomic mass is 10.2. The van der Waals surface area contributed by atoms with Crippen LogP contribution in [0.1, 0.15) is 18.4 Å². The van der Waals surface area contributed by atoms with E-state index in [2.05, 4.69) is 0 Å². The number of halogens is 1. The van der Waals surface area contributed by atoms with Crippen LogP contribution in [0.5, 0.6) is 0 Å². The summed E-state index contributed by atoms with van der Waals surface area (Å²) in [7, 11) is 0. The maximum Gasteiger partial charge on any atom is 0.328 e. The van der Waals surface area contributed by atoms with Crippen molar-refractivity contribution in [3.8, 4) is 0 Å². The van der Waals surface area contributed by atoms with Gasteiger partial charge < -0.3 is 10.0 Å². The third-order valence-corrected chi connectivity index (χ3v) is 2.94. The minimum atomic E-state index is -1.17. The molecule has 0 spiro atoms. The first-order valence-electron chi connectivity index (χ1n) is 6.03. The Morgan fingerprint density at radius 2 is 2.00 bits per heavy atom. The van der Waals surface area contributed by atoms with E-state index >= 15 is 0 Å². The number of aliphatic carboxylic acids is 1. The predicted octanol–water partition coefficient (Wildman–Crippen LogP) is 1.96. The van der Waals surface area contributed by atoms with Crippen LogP contribution in [0.4, 0.5) is 4.39 Å². The number of carbonyl (C=O) groups excluding carboxylic acids is 1. The number of benzene rings is 1. The largest absolute Gasteiger partial charge is 0.478 e. The quantitative estimate of drug-likeness (QED) is 0.826. The SMILES string of the molecule is O=C(O)/C=C/C(=O)N(Cc1ccccc1F)C1CC1. The molecule has 0 saturated heterocycles. The Bertz CT molecular complexity index is 523. The smallest absolute Gasteiger partial charge is 0.328 e. The highest BCUT2D eigenvalue weighted by molar-refractivity contribution is 5.94. The molecule has 1 aromatic rings. The van der Waals surface area contributed by atoms with Gasteiger partial charge in [0.05, 0.1) is 0 Å². The predicted molar refractivity (Wildman–Crippen MR) is 66.7 cm³/mol. The van der Waals surface area contributed by atoms with Gasteiger partial charge in [-0.2, -0.15) is 0 Å². The third-order valence-electron chi connectivity index (χ3n) is 2.94. The van der Waals surface area contributed by atoms with E-state index in [4.69, 9.17) is 5.11 Å². The van der Waals surface area contributed by atoms with Crippen molar-refractivity contribution in [2.75, 3.05) is 0 Å². The fourth-order valence-corrected chi connectivity index (χ4v) is 1.82. The topological polar surface area (TPSA) is 57.6 Å². The summed E-state index contributed by atoms with van der Waals surface area (Å²) in [5.41, 5.74) is 0.437. The van der Waals surface area contributed by atoms with Gasteiger partial charge in [0.1, 0.15) is 5.82 Å². The zero-order chi connectivity index (χ0) is 13.8. The van der Waals surface area contributed by atoms with Crippen molar-refractivity contribution in [3.63, 3.8) is 0 Å². The summed E-state index contributed by atoms with van der Waals surface area (Å²) in [5.74, 6) is -1.92. The van der Waals surface area contributed by atoms with E-state index in [1.165, 1.54) is 11.0 Å². The van der Waals surface area contributed by atoms with Crippen molar-refractivity contribution in [2.24, 2.45) is 0 Å². The lowest BCUT2D eigenvalue weighted by molar-refractivity contribution is -0.132. The summed E-state index contributed by atoms with van der Waals surface area (Å²) < 4.78 is 13.6. The van der Waals surface area contributed by atoms with Crippen molar-refractivity contribution in [2.45, 2.75) is 25.4 Å². The molecule has 0 heterocycles. The van der Waals surface area contributed by atoms with E-state index in [1.807, 2.05) is 0 Å². The molecular formula is C14H14FNO3. The molecule has 1 N–H and O–H groups in total. The number of hydrogen-bond donors (Lipinski definition) is 1. The monoisotopic (exact) mass is 263 g/mol. The molecule has 0 atom stereocenters. The molecule has 0 radical (unpaired) electrons. The van der Waals surface area contributed by atoms with E-state index in [0.29, 0.717) is 5.56 Å². The molecule has 5 heteroatoms. The Balaban J connectivity index is 2.11. The minimum Gasteiger partial charge on any atom is -0.478 e. The Morgan fingerprint density at radius 3 is 2.58 bits per heavy atom. The molecule has 1 aliphatic carbocycles. The summed E-state index contributed by atoms with van der Waals surface area (Å²) >= 11 is 0. The minimum absolute atomic E-state index is 0.0885. The standard InChI is InChI=1S/C14H14FNO3/c15-12-4-2-1-3-10(12)9-16(11-5-6-11)13(17)7-8-14(18)19/h1-4,7-8,11H,5-6,9H2,(H,18,19)/b8-7+. The van der Waals surface area contributed by atoms with Gasteiger partial charge in [0.25, 0.3) is 0 Å². The van der Waals surface area contributed by atoms with Crippen molar-refractivity contribution < 1.29 is 19.1 Å². The molecule has 1 aromatic carbocycles. The average molecular weight is 263 g/mol. The summed E-state index contributed by atoms with van der Waals surface area (Å²) in [6.45, 7) is 0.167. The number of carboxylic acids is 1. The molecule has 100 valence electrons. The van der Waals surface area contributed by atoms with Gasteiger partial charge in [-0.1, -0.05) is 18.2 Å². The second-order valence-corrected chi connectivity index (χ2v) is 4.46. The van der Waals surface area contributed by atoms with Crippen molar-refractivity contribution in [1.29, 1.82) is 0 Å². The van der Waals surface area contributed by atoms with Gasteiger partial charge in [-0.05, 0) is 18.9 Å². The first-order chi connectivity index (χ1) is 9.08. The first kappa shape index (κ1) is 13.3. The van der Waals surface area contributed by atoms with Gasteiger partial charge in [0.15, 0.2) is 0 Å². The van der Waals surface area contributed by atoms with E-state index in [0.717, 1.165) is 25.0 Å². The number of rotatable bonds is 5. The number of carbonyl (C=O) groups is 2. The normalized spacial score (nSPS) is 14.6. The van der Waals surface area contributed by atoms with Crippen LogP contribution in [0.2, 0.25) is 0 Å². The number of hydrogen-bond acceptors (Lipinski definition) is 2. The fourth-order valence-electron chi connectivity index (χ4n) is 1.82. The fraction of sp³-hybridized carbons (Fsp3) is 0.286. The lowest BCUT2D eigenvalue weighted by Crippen LogP contribution is -2.31. The second-order valence-electron chi connectivity index (χ2n) is 4.46. The highest BCUT2D eigenvalue weighted by atomic mass is 19.1. The Hall–Kier alpha value is -2.17. The Morgan fingerprint density at radius 1 is 1.32 bits per heavy atom. The molecule has 1 fully saturated rings. The van der Waals surface area contributed by atoms with Crippen LogP contribution in [0.25, 0.3) is 0 Å². The third kappa shape index (κ3) is 3.64.